The highest BCUT2D eigenvalue weighted by Gasteiger charge is 2.26. The van der Waals surface area contributed by atoms with Crippen LogP contribution in [0.1, 0.15) is 18.4 Å². The summed E-state index contributed by atoms with van der Waals surface area (Å²) in [6, 6.07) is 65.7. The largest absolute Gasteiger partial charge is 0.456 e. The number of hydrogen-bond acceptors (Lipinski definition) is 2. The van der Waals surface area contributed by atoms with E-state index in [1.54, 1.807) is 0 Å². The molecule has 0 atom stereocenters. The van der Waals surface area contributed by atoms with Crippen molar-refractivity contribution in [2.75, 3.05) is 4.90 Å². The predicted octanol–water partition coefficient (Wildman–Crippen LogP) is 14.4. The zero-order valence-corrected chi connectivity index (χ0v) is 30.2. The van der Waals surface area contributed by atoms with Crippen LogP contribution in [0.5, 0.6) is 0 Å². The van der Waals surface area contributed by atoms with Crippen LogP contribution in [0.4, 0.5) is 11.4 Å². The third-order valence-corrected chi connectivity index (χ3v) is 11.2. The second kappa shape index (κ2) is 12.8. The first-order chi connectivity index (χ1) is 27.3. The zero-order valence-electron chi connectivity index (χ0n) is 30.2. The molecule has 0 fully saturated rings. The molecule has 1 aliphatic rings. The van der Waals surface area contributed by atoms with Crippen LogP contribution >= 0.6 is 0 Å². The molecule has 0 N–H and O–H groups in total. The van der Waals surface area contributed by atoms with Crippen molar-refractivity contribution in [3.05, 3.63) is 205 Å². The molecule has 1 aliphatic carbocycles. The Labute approximate surface area is 319 Å². The van der Waals surface area contributed by atoms with E-state index in [4.69, 9.17) is 4.42 Å². The Balaban J connectivity index is 1.10. The first kappa shape index (κ1) is 31.4. The lowest BCUT2D eigenvalue weighted by molar-refractivity contribution is 0.669. The topological polar surface area (TPSA) is 21.3 Å². The van der Waals surface area contributed by atoms with Gasteiger partial charge in [0, 0.05) is 44.2 Å². The van der Waals surface area contributed by atoms with Gasteiger partial charge in [0.15, 0.2) is 0 Å². The maximum Gasteiger partial charge on any atom is 0.136 e. The summed E-state index contributed by atoms with van der Waals surface area (Å²) < 4.78 is 8.63. The van der Waals surface area contributed by atoms with Gasteiger partial charge in [0.05, 0.1) is 16.7 Å². The first-order valence-corrected chi connectivity index (χ1v) is 19.1. The number of anilines is 2. The van der Waals surface area contributed by atoms with E-state index in [2.05, 4.69) is 191 Å². The average Bonchev–Trinajstić information content (AvgIpc) is 3.81. The van der Waals surface area contributed by atoms with Gasteiger partial charge in [-0.3, -0.25) is 0 Å². The standard InChI is InChI=1S/C52H36N2O/c1-3-14-36(15-4-1)41-18-7-10-22-46(41)53(48-24-13-21-44-43-19-8-11-23-47(43)54(52(44)48)39-16-5-2-6-17-39)40-30-26-35(27-31-40)37-28-32-42-38(34-37)29-33-50-51(42)45-20-9-12-25-49(45)55-50/h1-6,8-9,11-34H,7,10H2. The Hall–Kier alpha value is -7.10. The molecule has 0 saturated heterocycles. The van der Waals surface area contributed by atoms with Crippen LogP contribution in [0.25, 0.3) is 76.9 Å². The smallest absolute Gasteiger partial charge is 0.136 e. The lowest BCUT2D eigenvalue weighted by Gasteiger charge is -2.32. The maximum absolute atomic E-state index is 6.19. The molecule has 2 heterocycles. The highest BCUT2D eigenvalue weighted by Crippen LogP contribution is 2.45. The van der Waals surface area contributed by atoms with E-state index in [9.17, 15) is 0 Å². The fraction of sp³-hybridized carbons (Fsp3) is 0.0385. The first-order valence-electron chi connectivity index (χ1n) is 19.1. The highest BCUT2D eigenvalue weighted by atomic mass is 16.3. The number of rotatable bonds is 6. The van der Waals surface area contributed by atoms with Gasteiger partial charge in [0.1, 0.15) is 11.2 Å². The van der Waals surface area contributed by atoms with Crippen LogP contribution in [0.15, 0.2) is 204 Å². The van der Waals surface area contributed by atoms with Gasteiger partial charge in [-0.05, 0) is 94.9 Å². The lowest BCUT2D eigenvalue weighted by atomic mass is 9.94. The molecule has 0 unspecified atom stereocenters. The number of hydrogen-bond donors (Lipinski definition) is 0. The van der Waals surface area contributed by atoms with Crippen LogP contribution in [-0.2, 0) is 0 Å². The summed E-state index contributed by atoms with van der Waals surface area (Å²) in [4.78, 5) is 2.49. The van der Waals surface area contributed by atoms with Crippen LogP contribution < -0.4 is 4.90 Å². The van der Waals surface area contributed by atoms with Crippen LogP contribution in [-0.4, -0.2) is 4.57 Å². The molecule has 8 aromatic carbocycles. The third-order valence-electron chi connectivity index (χ3n) is 11.2. The molecule has 2 aromatic heterocycles. The Kier molecular flexibility index (Phi) is 7.31. The Morgan fingerprint density at radius 2 is 1.18 bits per heavy atom. The molecule has 3 nitrogen and oxygen atoms in total. The van der Waals surface area contributed by atoms with Gasteiger partial charge in [-0.25, -0.2) is 0 Å². The fourth-order valence-electron chi connectivity index (χ4n) is 8.73. The zero-order chi connectivity index (χ0) is 36.3. The van der Waals surface area contributed by atoms with Crippen LogP contribution in [0.2, 0.25) is 0 Å². The minimum atomic E-state index is 0.924. The second-order valence-electron chi connectivity index (χ2n) is 14.4. The van der Waals surface area contributed by atoms with E-state index in [1.807, 2.05) is 12.1 Å². The molecule has 0 bridgehead atoms. The van der Waals surface area contributed by atoms with E-state index in [0.29, 0.717) is 0 Å². The van der Waals surface area contributed by atoms with E-state index < -0.39 is 0 Å². The minimum absolute atomic E-state index is 0.924. The molecule has 0 radical (unpaired) electrons. The van der Waals surface area contributed by atoms with Crippen molar-refractivity contribution in [1.82, 2.24) is 4.57 Å². The van der Waals surface area contributed by atoms with Crippen molar-refractivity contribution in [3.63, 3.8) is 0 Å². The molecule has 0 aliphatic heterocycles. The summed E-state index contributed by atoms with van der Waals surface area (Å²) >= 11 is 0. The van der Waals surface area contributed by atoms with Gasteiger partial charge in [-0.15, -0.1) is 0 Å². The Morgan fingerprint density at radius 1 is 0.473 bits per heavy atom. The van der Waals surface area contributed by atoms with Gasteiger partial charge in [0.2, 0.25) is 0 Å². The van der Waals surface area contributed by atoms with Gasteiger partial charge >= 0.3 is 0 Å². The molecule has 11 rings (SSSR count). The van der Waals surface area contributed by atoms with Crippen molar-refractivity contribution in [2.45, 2.75) is 12.8 Å². The monoisotopic (exact) mass is 704 g/mol. The van der Waals surface area contributed by atoms with Crippen molar-refractivity contribution in [1.29, 1.82) is 0 Å². The summed E-state index contributed by atoms with van der Waals surface area (Å²) in [6.07, 6.45) is 6.83. The highest BCUT2D eigenvalue weighted by molar-refractivity contribution is 6.19. The third kappa shape index (κ3) is 5.12. The normalized spacial score (nSPS) is 13.2. The summed E-state index contributed by atoms with van der Waals surface area (Å²) in [7, 11) is 0. The number of allylic oxidation sites excluding steroid dienone is 3. The van der Waals surface area contributed by atoms with Crippen molar-refractivity contribution in [2.24, 2.45) is 0 Å². The second-order valence-corrected chi connectivity index (χ2v) is 14.4. The van der Waals surface area contributed by atoms with E-state index in [0.717, 1.165) is 46.5 Å². The summed E-state index contributed by atoms with van der Waals surface area (Å²) in [6.45, 7) is 0. The molecule has 0 amide bonds. The Morgan fingerprint density at radius 3 is 2.04 bits per heavy atom. The van der Waals surface area contributed by atoms with Crippen molar-refractivity contribution < 1.29 is 4.42 Å². The molecule has 10 aromatic rings. The van der Waals surface area contributed by atoms with Gasteiger partial charge in [-0.1, -0.05) is 140 Å². The van der Waals surface area contributed by atoms with Gasteiger partial charge in [0.25, 0.3) is 0 Å². The Bertz CT molecular complexity index is 3130. The number of fused-ring (bicyclic) bond motifs is 8. The fourth-order valence-corrected chi connectivity index (χ4v) is 8.73. The summed E-state index contributed by atoms with van der Waals surface area (Å²) in [5.41, 5.74) is 13.7. The summed E-state index contributed by atoms with van der Waals surface area (Å²) in [5, 5.41) is 7.22. The molecular formula is C52H36N2O. The molecular weight excluding hydrogens is 669 g/mol. The quantitative estimate of drug-likeness (QED) is 0.172. The minimum Gasteiger partial charge on any atom is -0.456 e. The maximum atomic E-state index is 6.19. The molecule has 55 heavy (non-hydrogen) atoms. The van der Waals surface area contributed by atoms with E-state index >= 15 is 0 Å². The molecule has 0 spiro atoms. The molecule has 260 valence electrons. The predicted molar refractivity (Wildman–Crippen MR) is 231 cm³/mol. The number of aromatic nitrogens is 1. The number of nitrogens with zero attached hydrogens (tertiary/aromatic N) is 2. The van der Waals surface area contributed by atoms with Crippen LogP contribution in [0, 0.1) is 0 Å². The van der Waals surface area contributed by atoms with E-state index in [-0.39, 0.29) is 0 Å². The number of para-hydroxylation sites is 4. The van der Waals surface area contributed by atoms with Crippen molar-refractivity contribution in [3.8, 4) is 16.8 Å². The average molecular weight is 705 g/mol. The van der Waals surface area contributed by atoms with Gasteiger partial charge < -0.3 is 13.9 Å². The molecule has 3 heteroatoms. The SMILES string of the molecule is C1=C(c2ccccc2)C(N(c2ccc(-c3ccc4c(ccc5oc6ccccc6c54)c3)cc2)c2cccc3c4ccccc4n(-c4ccccc4)c23)=CCC1. The van der Waals surface area contributed by atoms with Crippen LogP contribution in [0.3, 0.4) is 0 Å². The summed E-state index contributed by atoms with van der Waals surface area (Å²) in [5.74, 6) is 0. The van der Waals surface area contributed by atoms with Gasteiger partial charge in [-0.2, -0.15) is 0 Å². The lowest BCUT2D eigenvalue weighted by Crippen LogP contribution is -2.20. The van der Waals surface area contributed by atoms with E-state index in [1.165, 1.54) is 65.9 Å². The number of benzene rings is 8. The number of furan rings is 1. The van der Waals surface area contributed by atoms with Crippen molar-refractivity contribution >= 4 is 71.5 Å². The molecule has 0 saturated carbocycles.